The number of carbonyl (C=O) groups excluding carboxylic acids is 1. The third-order valence-corrected chi connectivity index (χ3v) is 8.18. The number of halogens is 1. The molecule has 1 saturated carbocycles. The molecule has 1 atom stereocenters. The number of hydrogen-bond donors (Lipinski definition) is 1. The van der Waals surface area contributed by atoms with Crippen molar-refractivity contribution in [1.82, 2.24) is 5.32 Å². The molecule has 1 N–H and O–H groups in total. The van der Waals surface area contributed by atoms with Crippen molar-refractivity contribution in [3.63, 3.8) is 0 Å². The summed E-state index contributed by atoms with van der Waals surface area (Å²) < 4.78 is 45.3. The van der Waals surface area contributed by atoms with Gasteiger partial charge in [-0.25, -0.2) is 17.6 Å². The van der Waals surface area contributed by atoms with Crippen LogP contribution in [0.5, 0.6) is 0 Å². The lowest BCUT2D eigenvalue weighted by molar-refractivity contribution is 0.0559. The highest BCUT2D eigenvalue weighted by atomic mass is 32.2. The van der Waals surface area contributed by atoms with Crippen molar-refractivity contribution < 1.29 is 22.3 Å². The van der Waals surface area contributed by atoms with Crippen LogP contribution in [0.15, 0.2) is 29.8 Å². The van der Waals surface area contributed by atoms with Crippen LogP contribution in [0, 0.1) is 5.82 Å². The van der Waals surface area contributed by atoms with Crippen molar-refractivity contribution in [3.05, 3.63) is 41.7 Å². The van der Waals surface area contributed by atoms with E-state index in [0.29, 0.717) is 24.8 Å². The van der Waals surface area contributed by atoms with Crippen molar-refractivity contribution in [2.45, 2.75) is 62.8 Å². The van der Waals surface area contributed by atoms with Gasteiger partial charge in [0.15, 0.2) is 9.84 Å². The Morgan fingerprint density at radius 3 is 2.52 bits per heavy atom. The second-order valence-corrected chi connectivity index (χ2v) is 11.2. The molecule has 2 aliphatic rings. The summed E-state index contributed by atoms with van der Waals surface area (Å²) in [6.07, 6.45) is 2.23. The van der Waals surface area contributed by atoms with E-state index >= 15 is 0 Å². The second-order valence-electron chi connectivity index (χ2n) is 8.91. The van der Waals surface area contributed by atoms with Crippen LogP contribution in [0.25, 0.3) is 6.08 Å². The molecule has 1 aromatic rings. The van der Waals surface area contributed by atoms with Gasteiger partial charge in [0.05, 0.1) is 5.75 Å². The standard InChI is InChI=1S/C21H27FN2O4S/c1-6-14-8-9-16(22)15(12-14)20(5)13-29(26,27)21(10-7-11-21)17(24-20)23-18(25)28-19(2,3)4/h6,8-9,12H,1,7,10-11,13H2,2-5H3,(H,23,24,25)/t20-/m0/s1. The Kier molecular flexibility index (Phi) is 5.14. The minimum absolute atomic E-state index is 0.0372. The molecule has 3 rings (SSSR count). The maximum atomic E-state index is 14.7. The molecule has 1 spiro atoms. The van der Waals surface area contributed by atoms with Crippen LogP contribution in [0.1, 0.15) is 58.1 Å². The number of aliphatic imine (C=N–C) groups is 1. The first-order valence-electron chi connectivity index (χ1n) is 9.57. The zero-order chi connectivity index (χ0) is 21.7. The van der Waals surface area contributed by atoms with Crippen LogP contribution in [0.3, 0.4) is 0 Å². The molecule has 0 unspecified atom stereocenters. The summed E-state index contributed by atoms with van der Waals surface area (Å²) in [6, 6.07) is 4.38. The highest BCUT2D eigenvalue weighted by molar-refractivity contribution is 7.93. The molecule has 1 amide bonds. The topological polar surface area (TPSA) is 84.8 Å². The molecule has 0 aromatic heterocycles. The molecule has 1 fully saturated rings. The number of hydrogen-bond acceptors (Lipinski definition) is 5. The molecule has 1 aliphatic carbocycles. The number of alkyl carbamates (subject to hydrolysis) is 1. The molecule has 1 aromatic carbocycles. The third-order valence-electron chi connectivity index (χ3n) is 5.44. The first kappa shape index (κ1) is 21.5. The first-order chi connectivity index (χ1) is 13.3. The van der Waals surface area contributed by atoms with Gasteiger partial charge < -0.3 is 4.74 Å². The summed E-state index contributed by atoms with van der Waals surface area (Å²) in [5, 5.41) is 2.56. The zero-order valence-corrected chi connectivity index (χ0v) is 18.0. The summed E-state index contributed by atoms with van der Waals surface area (Å²) in [7, 11) is -3.71. The predicted molar refractivity (Wildman–Crippen MR) is 111 cm³/mol. The fourth-order valence-corrected chi connectivity index (χ4v) is 6.38. The van der Waals surface area contributed by atoms with Gasteiger partial charge in [0, 0.05) is 5.56 Å². The quantitative estimate of drug-likeness (QED) is 0.782. The Bertz CT molecular complexity index is 990. The Hall–Kier alpha value is -2.22. The summed E-state index contributed by atoms with van der Waals surface area (Å²) in [5.74, 6) is -0.856. The van der Waals surface area contributed by atoms with E-state index in [2.05, 4.69) is 16.9 Å². The number of nitrogens with one attached hydrogen (secondary N) is 1. The number of carbonyl (C=O) groups is 1. The number of rotatable bonds is 2. The number of amidine groups is 1. The van der Waals surface area contributed by atoms with Gasteiger partial charge in [0.25, 0.3) is 0 Å². The molecule has 8 heteroatoms. The van der Waals surface area contributed by atoms with Crippen molar-refractivity contribution in [2.24, 2.45) is 4.99 Å². The Labute approximate surface area is 171 Å². The lowest BCUT2D eigenvalue weighted by Gasteiger charge is -2.47. The van der Waals surface area contributed by atoms with Gasteiger partial charge in [0.2, 0.25) is 0 Å². The van der Waals surface area contributed by atoms with Gasteiger partial charge in [-0.3, -0.25) is 10.3 Å². The first-order valence-corrected chi connectivity index (χ1v) is 11.2. The Morgan fingerprint density at radius 1 is 1.34 bits per heavy atom. The summed E-state index contributed by atoms with van der Waals surface area (Å²) >= 11 is 0. The number of benzene rings is 1. The van der Waals surface area contributed by atoms with Crippen molar-refractivity contribution >= 4 is 27.8 Å². The van der Waals surface area contributed by atoms with Crippen LogP contribution in [0.2, 0.25) is 0 Å². The minimum atomic E-state index is -3.71. The minimum Gasteiger partial charge on any atom is -0.444 e. The predicted octanol–water partition coefficient (Wildman–Crippen LogP) is 3.96. The highest BCUT2D eigenvalue weighted by Gasteiger charge is 2.59. The monoisotopic (exact) mass is 422 g/mol. The van der Waals surface area contributed by atoms with Crippen LogP contribution in [-0.2, 0) is 20.1 Å². The average molecular weight is 423 g/mol. The maximum absolute atomic E-state index is 14.7. The molecular formula is C21H27FN2O4S. The van der Waals surface area contributed by atoms with Gasteiger partial charge in [-0.2, -0.15) is 0 Å². The largest absolute Gasteiger partial charge is 0.444 e. The van der Waals surface area contributed by atoms with Crippen LogP contribution >= 0.6 is 0 Å². The summed E-state index contributed by atoms with van der Waals surface area (Å²) in [5.41, 5.74) is -1.33. The number of ether oxygens (including phenoxy) is 1. The summed E-state index contributed by atoms with van der Waals surface area (Å²) in [4.78, 5) is 17.0. The van der Waals surface area contributed by atoms with Crippen LogP contribution in [-0.4, -0.2) is 36.4 Å². The Balaban J connectivity index is 2.11. The van der Waals surface area contributed by atoms with E-state index in [9.17, 15) is 17.6 Å². The van der Waals surface area contributed by atoms with E-state index in [1.165, 1.54) is 6.07 Å². The SMILES string of the molecule is C=Cc1ccc(F)c([C@]2(C)CS(=O)(=O)C3(CCC3)C(NC(=O)OC(C)(C)C)=N2)c1. The maximum Gasteiger partial charge on any atom is 0.413 e. The van der Waals surface area contributed by atoms with Gasteiger partial charge in [-0.1, -0.05) is 18.7 Å². The van der Waals surface area contributed by atoms with E-state index < -0.39 is 37.6 Å². The number of sulfone groups is 1. The molecule has 158 valence electrons. The zero-order valence-electron chi connectivity index (χ0n) is 17.2. The van der Waals surface area contributed by atoms with Gasteiger partial charge in [0.1, 0.15) is 27.5 Å². The second kappa shape index (κ2) is 6.93. The van der Waals surface area contributed by atoms with Crippen LogP contribution < -0.4 is 5.32 Å². The van der Waals surface area contributed by atoms with E-state index in [4.69, 9.17) is 4.74 Å². The lowest BCUT2D eigenvalue weighted by Crippen LogP contribution is -2.64. The van der Waals surface area contributed by atoms with Crippen molar-refractivity contribution in [1.29, 1.82) is 0 Å². The highest BCUT2D eigenvalue weighted by Crippen LogP contribution is 2.47. The van der Waals surface area contributed by atoms with E-state index in [1.54, 1.807) is 45.9 Å². The molecule has 0 bridgehead atoms. The molecular weight excluding hydrogens is 395 g/mol. The van der Waals surface area contributed by atoms with E-state index in [1.807, 2.05) is 0 Å². The molecule has 1 aliphatic heterocycles. The average Bonchev–Trinajstić information content (AvgIpc) is 2.50. The van der Waals surface area contributed by atoms with Gasteiger partial charge in [-0.15, -0.1) is 0 Å². The number of nitrogens with zero attached hydrogens (tertiary/aromatic N) is 1. The fourth-order valence-electron chi connectivity index (χ4n) is 3.84. The smallest absolute Gasteiger partial charge is 0.413 e. The van der Waals surface area contributed by atoms with Crippen LogP contribution in [0.4, 0.5) is 9.18 Å². The summed E-state index contributed by atoms with van der Waals surface area (Å²) in [6.45, 7) is 10.4. The fraction of sp³-hybridized carbons (Fsp3) is 0.524. The van der Waals surface area contributed by atoms with E-state index in [0.717, 1.165) is 0 Å². The molecule has 29 heavy (non-hydrogen) atoms. The third kappa shape index (κ3) is 3.82. The lowest BCUT2D eigenvalue weighted by atomic mass is 9.81. The van der Waals surface area contributed by atoms with Gasteiger partial charge >= 0.3 is 6.09 Å². The van der Waals surface area contributed by atoms with Gasteiger partial charge in [-0.05, 0) is 64.7 Å². The Morgan fingerprint density at radius 2 is 2.00 bits per heavy atom. The normalized spacial score (nSPS) is 24.9. The molecule has 1 heterocycles. The van der Waals surface area contributed by atoms with Crippen molar-refractivity contribution in [2.75, 3.05) is 5.75 Å². The van der Waals surface area contributed by atoms with E-state index in [-0.39, 0.29) is 17.2 Å². The van der Waals surface area contributed by atoms with Crippen molar-refractivity contribution in [3.8, 4) is 0 Å². The molecule has 0 saturated heterocycles. The number of amides is 1. The molecule has 0 radical (unpaired) electrons. The molecule has 6 nitrogen and oxygen atoms in total.